The molecule has 0 radical (unpaired) electrons. The fourth-order valence-electron chi connectivity index (χ4n) is 2.64. The highest BCUT2D eigenvalue weighted by atomic mass is 32.1. The quantitative estimate of drug-likeness (QED) is 0.563. The van der Waals surface area contributed by atoms with E-state index in [1.807, 2.05) is 43.3 Å². The van der Waals surface area contributed by atoms with Gasteiger partial charge in [-0.1, -0.05) is 29.8 Å². The topological polar surface area (TPSA) is 73.7 Å². The Kier molecular flexibility index (Phi) is 4.18. The number of fused-ring (bicyclic) bond motifs is 1. The second-order valence-corrected chi connectivity index (χ2v) is 6.12. The van der Waals surface area contributed by atoms with Crippen LogP contribution < -0.4 is 14.2 Å². The largest absolute Gasteiger partial charge is 0.493 e. The number of benzene rings is 2. The SMILES string of the molecule is COc1cc(/C=N\n2c(-c3ccc(C)cc3)n[nH]c2=S)cc2c1OCO2. The molecule has 1 aliphatic rings. The number of aromatic amines is 1. The summed E-state index contributed by atoms with van der Waals surface area (Å²) in [6.07, 6.45) is 1.67. The lowest BCUT2D eigenvalue weighted by Crippen LogP contribution is -1.96. The number of H-pyrrole nitrogens is 1. The van der Waals surface area contributed by atoms with E-state index in [-0.39, 0.29) is 6.79 Å². The van der Waals surface area contributed by atoms with Crippen LogP contribution in [0, 0.1) is 11.7 Å². The molecule has 4 rings (SSSR count). The molecule has 26 heavy (non-hydrogen) atoms. The Bertz CT molecular complexity index is 1040. The van der Waals surface area contributed by atoms with E-state index >= 15 is 0 Å². The third-order valence-electron chi connectivity index (χ3n) is 3.96. The van der Waals surface area contributed by atoms with Crippen LogP contribution in [0.25, 0.3) is 11.4 Å². The Morgan fingerprint density at radius 2 is 2.08 bits per heavy atom. The molecule has 1 N–H and O–H groups in total. The molecule has 0 bridgehead atoms. The number of methoxy groups -OCH3 is 1. The number of aryl methyl sites for hydroxylation is 1. The van der Waals surface area contributed by atoms with Gasteiger partial charge in [0.2, 0.25) is 17.3 Å². The van der Waals surface area contributed by atoms with Gasteiger partial charge in [-0.3, -0.25) is 0 Å². The average Bonchev–Trinajstić information content (AvgIpc) is 3.26. The molecule has 2 aromatic carbocycles. The van der Waals surface area contributed by atoms with Crippen LogP contribution in [0.2, 0.25) is 0 Å². The number of hydrogen-bond donors (Lipinski definition) is 1. The van der Waals surface area contributed by atoms with E-state index < -0.39 is 0 Å². The Labute approximate surface area is 154 Å². The van der Waals surface area contributed by atoms with Gasteiger partial charge in [0.1, 0.15) is 0 Å². The highest BCUT2D eigenvalue weighted by molar-refractivity contribution is 7.71. The molecule has 0 atom stereocenters. The van der Waals surface area contributed by atoms with Crippen LogP contribution in [0.3, 0.4) is 0 Å². The van der Waals surface area contributed by atoms with Crippen LogP contribution in [0.5, 0.6) is 17.2 Å². The lowest BCUT2D eigenvalue weighted by Gasteiger charge is -2.06. The smallest absolute Gasteiger partial charge is 0.231 e. The molecule has 0 saturated heterocycles. The van der Waals surface area contributed by atoms with Gasteiger partial charge < -0.3 is 14.2 Å². The molecular formula is C18H16N4O3S. The maximum atomic E-state index is 5.44. The molecule has 1 aromatic heterocycles. The maximum absolute atomic E-state index is 5.44. The zero-order valence-electron chi connectivity index (χ0n) is 14.2. The Morgan fingerprint density at radius 1 is 1.27 bits per heavy atom. The zero-order chi connectivity index (χ0) is 18.1. The first kappa shape index (κ1) is 16.3. The summed E-state index contributed by atoms with van der Waals surface area (Å²) in [5.41, 5.74) is 2.89. The molecular weight excluding hydrogens is 352 g/mol. The molecule has 0 saturated carbocycles. The van der Waals surface area contributed by atoms with E-state index in [0.29, 0.717) is 27.8 Å². The van der Waals surface area contributed by atoms with Crippen molar-refractivity contribution in [3.8, 4) is 28.6 Å². The summed E-state index contributed by atoms with van der Waals surface area (Å²) in [4.78, 5) is 0. The summed E-state index contributed by atoms with van der Waals surface area (Å²) in [5.74, 6) is 2.46. The predicted molar refractivity (Wildman–Crippen MR) is 99.7 cm³/mol. The third kappa shape index (κ3) is 2.95. The van der Waals surface area contributed by atoms with Gasteiger partial charge in [0.25, 0.3) is 0 Å². The highest BCUT2D eigenvalue weighted by Crippen LogP contribution is 2.41. The number of aromatic nitrogens is 3. The van der Waals surface area contributed by atoms with Crippen molar-refractivity contribution in [2.75, 3.05) is 13.9 Å². The molecule has 3 aromatic rings. The van der Waals surface area contributed by atoms with Crippen LogP contribution in [-0.2, 0) is 0 Å². The second-order valence-electron chi connectivity index (χ2n) is 5.73. The third-order valence-corrected chi connectivity index (χ3v) is 4.23. The van der Waals surface area contributed by atoms with Gasteiger partial charge in [0.05, 0.1) is 13.3 Å². The first-order valence-corrected chi connectivity index (χ1v) is 8.33. The van der Waals surface area contributed by atoms with E-state index in [9.17, 15) is 0 Å². The molecule has 0 unspecified atom stereocenters. The summed E-state index contributed by atoms with van der Waals surface area (Å²) in [7, 11) is 1.58. The Morgan fingerprint density at radius 3 is 2.85 bits per heavy atom. The number of nitrogens with one attached hydrogen (secondary N) is 1. The predicted octanol–water partition coefficient (Wildman–Crippen LogP) is 3.54. The molecule has 8 heteroatoms. The number of ether oxygens (including phenoxy) is 3. The first-order chi connectivity index (χ1) is 12.7. The zero-order valence-corrected chi connectivity index (χ0v) is 15.0. The van der Waals surface area contributed by atoms with Crippen LogP contribution >= 0.6 is 12.2 Å². The molecule has 0 aliphatic carbocycles. The van der Waals surface area contributed by atoms with Gasteiger partial charge in [-0.15, -0.1) is 0 Å². The summed E-state index contributed by atoms with van der Waals surface area (Å²) in [6.45, 7) is 2.21. The van der Waals surface area contributed by atoms with Gasteiger partial charge in [-0.25, -0.2) is 5.10 Å². The van der Waals surface area contributed by atoms with Crippen molar-refractivity contribution in [3.63, 3.8) is 0 Å². The van der Waals surface area contributed by atoms with Crippen LogP contribution in [-0.4, -0.2) is 35.0 Å². The molecule has 2 heterocycles. The fraction of sp³-hybridized carbons (Fsp3) is 0.167. The van der Waals surface area contributed by atoms with Crippen LogP contribution in [0.4, 0.5) is 0 Å². The van der Waals surface area contributed by atoms with E-state index in [1.54, 1.807) is 18.0 Å². The van der Waals surface area contributed by atoms with Crippen molar-refractivity contribution in [3.05, 3.63) is 52.3 Å². The van der Waals surface area contributed by atoms with Gasteiger partial charge in [-0.05, 0) is 31.3 Å². The molecule has 0 amide bonds. The lowest BCUT2D eigenvalue weighted by atomic mass is 10.1. The van der Waals surface area contributed by atoms with Crippen molar-refractivity contribution in [2.45, 2.75) is 6.92 Å². The summed E-state index contributed by atoms with van der Waals surface area (Å²) >= 11 is 5.30. The van der Waals surface area contributed by atoms with Gasteiger partial charge in [0, 0.05) is 11.1 Å². The fourth-order valence-corrected chi connectivity index (χ4v) is 2.82. The minimum Gasteiger partial charge on any atom is -0.493 e. The highest BCUT2D eigenvalue weighted by Gasteiger charge is 2.19. The van der Waals surface area contributed by atoms with Gasteiger partial charge >= 0.3 is 0 Å². The van der Waals surface area contributed by atoms with E-state index in [1.165, 1.54) is 5.56 Å². The second kappa shape index (κ2) is 6.64. The number of hydrogen-bond acceptors (Lipinski definition) is 6. The molecule has 1 aliphatic heterocycles. The number of rotatable bonds is 4. The molecule has 0 fully saturated rings. The first-order valence-electron chi connectivity index (χ1n) is 7.92. The van der Waals surface area contributed by atoms with E-state index in [0.717, 1.165) is 11.1 Å². The van der Waals surface area contributed by atoms with Crippen molar-refractivity contribution in [1.82, 2.24) is 14.9 Å². The van der Waals surface area contributed by atoms with Crippen molar-refractivity contribution < 1.29 is 14.2 Å². The van der Waals surface area contributed by atoms with Crippen molar-refractivity contribution >= 4 is 18.4 Å². The summed E-state index contributed by atoms with van der Waals surface area (Å²) in [6, 6.07) is 11.7. The Hall–Kier alpha value is -3.13. The molecule has 7 nitrogen and oxygen atoms in total. The molecule has 132 valence electrons. The summed E-state index contributed by atoms with van der Waals surface area (Å²) < 4.78 is 18.2. The van der Waals surface area contributed by atoms with Crippen molar-refractivity contribution in [2.24, 2.45) is 5.10 Å². The normalized spacial score (nSPS) is 12.7. The van der Waals surface area contributed by atoms with E-state index in [2.05, 4.69) is 15.3 Å². The van der Waals surface area contributed by atoms with Gasteiger partial charge in [-0.2, -0.15) is 14.9 Å². The molecule has 0 spiro atoms. The minimum atomic E-state index is 0.177. The minimum absolute atomic E-state index is 0.177. The Balaban J connectivity index is 1.71. The summed E-state index contributed by atoms with van der Waals surface area (Å²) in [5, 5.41) is 11.5. The average molecular weight is 368 g/mol. The van der Waals surface area contributed by atoms with Gasteiger partial charge in [0.15, 0.2) is 17.3 Å². The van der Waals surface area contributed by atoms with E-state index in [4.69, 9.17) is 26.4 Å². The maximum Gasteiger partial charge on any atom is 0.231 e. The number of nitrogens with zero attached hydrogens (tertiary/aromatic N) is 3. The van der Waals surface area contributed by atoms with Crippen molar-refractivity contribution in [1.29, 1.82) is 0 Å². The lowest BCUT2D eigenvalue weighted by molar-refractivity contribution is 0.171. The monoisotopic (exact) mass is 368 g/mol. The van der Waals surface area contributed by atoms with Crippen LogP contribution in [0.1, 0.15) is 11.1 Å². The van der Waals surface area contributed by atoms with Crippen LogP contribution in [0.15, 0.2) is 41.5 Å². The standard InChI is InChI=1S/C18H16N4O3S/c1-11-3-5-13(6-4-11)17-20-21-18(26)22(17)19-9-12-7-14(23-2)16-15(8-12)24-10-25-16/h3-9H,10H2,1-2H3,(H,21,26)/b19-9-.